The van der Waals surface area contributed by atoms with Gasteiger partial charge in [-0.2, -0.15) is 0 Å². The van der Waals surface area contributed by atoms with Crippen LogP contribution in [0.15, 0.2) is 42.1 Å². The van der Waals surface area contributed by atoms with E-state index in [9.17, 15) is 4.79 Å². The standard InChI is InChI=1S/C28H39N5O2/c1-17-9-10-23(33-15-24(16-33)32(6)7)14-26(17)28(34)31-19(3)21-11-22(13-25(12-21)35-8)27(18(2)29)20(4)30-5/h9-14,19,24,29-30H,15-16H2,1-8H3,(H,31,34)/b27-20+,29-18?/t19-/m1/s1. The van der Waals surface area contributed by atoms with Gasteiger partial charge in [-0.3, -0.25) is 4.79 Å². The molecule has 35 heavy (non-hydrogen) atoms. The molecule has 1 fully saturated rings. The topological polar surface area (TPSA) is 80.7 Å². The predicted octanol–water partition coefficient (Wildman–Crippen LogP) is 4.23. The van der Waals surface area contributed by atoms with Crippen molar-refractivity contribution in [1.29, 1.82) is 5.41 Å². The zero-order chi connectivity index (χ0) is 25.9. The van der Waals surface area contributed by atoms with E-state index in [-0.39, 0.29) is 11.9 Å². The van der Waals surface area contributed by atoms with Gasteiger partial charge in [0.25, 0.3) is 5.91 Å². The summed E-state index contributed by atoms with van der Waals surface area (Å²) in [4.78, 5) is 17.9. The summed E-state index contributed by atoms with van der Waals surface area (Å²) in [7, 11) is 7.68. The van der Waals surface area contributed by atoms with Gasteiger partial charge in [0.1, 0.15) is 5.75 Å². The molecular formula is C28H39N5O2. The van der Waals surface area contributed by atoms with Gasteiger partial charge in [-0.25, -0.2) is 0 Å². The Morgan fingerprint density at radius 1 is 1.17 bits per heavy atom. The van der Waals surface area contributed by atoms with Crippen molar-refractivity contribution in [2.45, 2.75) is 39.8 Å². The largest absolute Gasteiger partial charge is 0.497 e. The quantitative estimate of drug-likeness (QED) is 0.471. The minimum atomic E-state index is -0.247. The molecule has 0 radical (unpaired) electrons. The number of nitrogens with zero attached hydrogens (tertiary/aromatic N) is 2. The Hall–Kier alpha value is -3.32. The Morgan fingerprint density at radius 2 is 1.86 bits per heavy atom. The Bertz CT molecular complexity index is 1130. The summed E-state index contributed by atoms with van der Waals surface area (Å²) in [6.45, 7) is 9.60. The maximum absolute atomic E-state index is 13.3. The predicted molar refractivity (Wildman–Crippen MR) is 145 cm³/mol. The molecule has 1 amide bonds. The zero-order valence-corrected chi connectivity index (χ0v) is 22.2. The van der Waals surface area contributed by atoms with Gasteiger partial charge in [-0.05, 0) is 88.8 Å². The van der Waals surface area contributed by atoms with Gasteiger partial charge in [-0.15, -0.1) is 0 Å². The highest BCUT2D eigenvalue weighted by Gasteiger charge is 2.29. The summed E-state index contributed by atoms with van der Waals surface area (Å²) in [5.41, 5.74) is 6.70. The van der Waals surface area contributed by atoms with Crippen molar-refractivity contribution in [2.75, 3.05) is 46.2 Å². The van der Waals surface area contributed by atoms with Crippen LogP contribution >= 0.6 is 0 Å². The average Bonchev–Trinajstić information content (AvgIpc) is 2.78. The second-order valence-electron chi connectivity index (χ2n) is 9.59. The number of rotatable bonds is 9. The second kappa shape index (κ2) is 11.0. The molecule has 0 aliphatic carbocycles. The van der Waals surface area contributed by atoms with Crippen molar-refractivity contribution in [3.05, 3.63) is 64.3 Å². The van der Waals surface area contributed by atoms with Crippen LogP contribution in [0.5, 0.6) is 5.75 Å². The molecule has 7 nitrogen and oxygen atoms in total. The lowest BCUT2D eigenvalue weighted by Crippen LogP contribution is -2.57. The van der Waals surface area contributed by atoms with Gasteiger partial charge in [0.05, 0.1) is 13.2 Å². The third kappa shape index (κ3) is 5.85. The molecule has 2 aromatic rings. The Labute approximate surface area is 209 Å². The number of anilines is 1. The number of carbonyl (C=O) groups excluding carboxylic acids is 1. The van der Waals surface area contributed by atoms with Crippen molar-refractivity contribution in [1.82, 2.24) is 15.5 Å². The summed E-state index contributed by atoms with van der Waals surface area (Å²) < 4.78 is 5.55. The third-order valence-electron chi connectivity index (χ3n) is 6.85. The summed E-state index contributed by atoms with van der Waals surface area (Å²) >= 11 is 0. The van der Waals surface area contributed by atoms with Crippen LogP contribution < -0.4 is 20.3 Å². The molecular weight excluding hydrogens is 438 g/mol. The van der Waals surface area contributed by atoms with E-state index in [1.54, 1.807) is 14.0 Å². The lowest BCUT2D eigenvalue weighted by Gasteiger charge is -2.44. The van der Waals surface area contributed by atoms with Crippen LogP contribution in [0, 0.1) is 12.3 Å². The first-order valence-corrected chi connectivity index (χ1v) is 12.0. The first-order valence-electron chi connectivity index (χ1n) is 12.0. The zero-order valence-electron chi connectivity index (χ0n) is 22.2. The molecule has 0 saturated carbocycles. The molecule has 0 spiro atoms. The lowest BCUT2D eigenvalue weighted by molar-refractivity contribution is 0.0939. The Kier molecular flexibility index (Phi) is 8.22. The maximum atomic E-state index is 13.3. The van der Waals surface area contributed by atoms with Gasteiger partial charge in [0.15, 0.2) is 0 Å². The summed E-state index contributed by atoms with van der Waals surface area (Å²) in [6.07, 6.45) is 0. The van der Waals surface area contributed by atoms with E-state index in [1.807, 2.05) is 58.2 Å². The van der Waals surface area contributed by atoms with Crippen LogP contribution in [0.4, 0.5) is 5.69 Å². The lowest BCUT2D eigenvalue weighted by atomic mass is 9.95. The highest BCUT2D eigenvalue weighted by atomic mass is 16.5. The van der Waals surface area contributed by atoms with Gasteiger partial charge < -0.3 is 30.6 Å². The summed E-state index contributed by atoms with van der Waals surface area (Å²) in [5, 5.41) is 14.6. The van der Waals surface area contributed by atoms with Gasteiger partial charge in [0, 0.05) is 54.4 Å². The SMILES string of the molecule is CN/C(C)=C(\C(C)=N)c1cc(OC)cc([C@@H](C)NC(=O)c2cc(N3CC(N(C)C)C3)ccc2C)c1. The number of allylic oxidation sites excluding steroid dienone is 2. The molecule has 188 valence electrons. The second-order valence-corrected chi connectivity index (χ2v) is 9.59. The molecule has 7 heteroatoms. The fraction of sp³-hybridized carbons (Fsp3) is 0.429. The molecule has 1 heterocycles. The number of hydrogen-bond acceptors (Lipinski definition) is 6. The molecule has 1 atom stereocenters. The molecule has 2 aromatic carbocycles. The average molecular weight is 478 g/mol. The first kappa shape index (κ1) is 26.3. The van der Waals surface area contributed by atoms with E-state index in [4.69, 9.17) is 10.1 Å². The van der Waals surface area contributed by atoms with Crippen molar-refractivity contribution < 1.29 is 9.53 Å². The van der Waals surface area contributed by atoms with E-state index in [2.05, 4.69) is 40.6 Å². The number of amides is 1. The molecule has 0 unspecified atom stereocenters. The molecule has 1 aliphatic rings. The van der Waals surface area contributed by atoms with E-state index in [0.29, 0.717) is 23.1 Å². The number of likely N-dealkylation sites (N-methyl/N-ethyl adjacent to an activating group) is 1. The van der Waals surface area contributed by atoms with Crippen LogP contribution in [-0.4, -0.2) is 63.9 Å². The highest BCUT2D eigenvalue weighted by molar-refractivity contribution is 6.22. The maximum Gasteiger partial charge on any atom is 0.252 e. The number of carbonyl (C=O) groups is 1. The van der Waals surface area contributed by atoms with Gasteiger partial charge >= 0.3 is 0 Å². The number of aryl methyl sites for hydroxylation is 1. The molecule has 3 rings (SSSR count). The minimum Gasteiger partial charge on any atom is -0.497 e. The van der Waals surface area contributed by atoms with Crippen LogP contribution in [0.2, 0.25) is 0 Å². The number of hydrogen-bond donors (Lipinski definition) is 3. The molecule has 1 saturated heterocycles. The number of ether oxygens (including phenoxy) is 1. The van der Waals surface area contributed by atoms with Crippen LogP contribution in [-0.2, 0) is 0 Å². The molecule has 1 aliphatic heterocycles. The van der Waals surface area contributed by atoms with Gasteiger partial charge in [0.2, 0.25) is 0 Å². The normalized spacial score (nSPS) is 15.3. The Balaban J connectivity index is 1.85. The molecule has 3 N–H and O–H groups in total. The van der Waals surface area contributed by atoms with E-state index >= 15 is 0 Å². The fourth-order valence-corrected chi connectivity index (χ4v) is 4.38. The third-order valence-corrected chi connectivity index (χ3v) is 6.85. The van der Waals surface area contributed by atoms with Crippen molar-refractivity contribution in [2.24, 2.45) is 0 Å². The van der Waals surface area contributed by atoms with Crippen LogP contribution in [0.3, 0.4) is 0 Å². The summed E-state index contributed by atoms with van der Waals surface area (Å²) in [6, 6.07) is 12.3. The van der Waals surface area contributed by atoms with Crippen molar-refractivity contribution >= 4 is 22.9 Å². The van der Waals surface area contributed by atoms with Crippen LogP contribution in [0.25, 0.3) is 5.57 Å². The molecule has 0 bridgehead atoms. The van der Waals surface area contributed by atoms with E-state index in [1.165, 1.54) is 0 Å². The smallest absolute Gasteiger partial charge is 0.252 e. The summed E-state index contributed by atoms with van der Waals surface area (Å²) in [5.74, 6) is 0.587. The van der Waals surface area contributed by atoms with Crippen molar-refractivity contribution in [3.63, 3.8) is 0 Å². The molecule has 0 aromatic heterocycles. The highest BCUT2D eigenvalue weighted by Crippen LogP contribution is 2.29. The fourth-order valence-electron chi connectivity index (χ4n) is 4.38. The minimum absolute atomic E-state index is 0.101. The van der Waals surface area contributed by atoms with Crippen LogP contribution in [0.1, 0.15) is 53.9 Å². The number of nitrogens with one attached hydrogen (secondary N) is 3. The Morgan fingerprint density at radius 3 is 2.43 bits per heavy atom. The monoisotopic (exact) mass is 477 g/mol. The van der Waals surface area contributed by atoms with Gasteiger partial charge in [-0.1, -0.05) is 6.07 Å². The number of methoxy groups -OCH3 is 1. The first-order chi connectivity index (χ1) is 16.5. The van der Waals surface area contributed by atoms with E-state index < -0.39 is 0 Å². The number of benzene rings is 2. The van der Waals surface area contributed by atoms with E-state index in [0.717, 1.165) is 46.7 Å². The van der Waals surface area contributed by atoms with Crippen molar-refractivity contribution in [3.8, 4) is 5.75 Å².